The number of carbonyl (C=O) groups is 3. The van der Waals surface area contributed by atoms with Gasteiger partial charge in [0.25, 0.3) is 0 Å². The molecule has 4 rings (SSSR count). The van der Waals surface area contributed by atoms with Crippen molar-refractivity contribution in [2.75, 3.05) is 31.3 Å². The highest BCUT2D eigenvalue weighted by molar-refractivity contribution is 6.02. The van der Waals surface area contributed by atoms with Crippen LogP contribution in [0.3, 0.4) is 0 Å². The van der Waals surface area contributed by atoms with E-state index < -0.39 is 23.5 Å². The highest BCUT2D eigenvalue weighted by Gasteiger charge is 2.42. The zero-order chi connectivity index (χ0) is 30.4. The van der Waals surface area contributed by atoms with Crippen molar-refractivity contribution < 1.29 is 19.1 Å². The lowest BCUT2D eigenvalue weighted by Crippen LogP contribution is -2.59. The number of hydrogen-bond donors (Lipinski definition) is 4. The van der Waals surface area contributed by atoms with Gasteiger partial charge in [0.2, 0.25) is 17.7 Å². The lowest BCUT2D eigenvalue weighted by Gasteiger charge is -2.36. The molecule has 1 aliphatic heterocycles. The fourth-order valence-corrected chi connectivity index (χ4v) is 5.00. The van der Waals surface area contributed by atoms with Crippen LogP contribution in [0.5, 0.6) is 5.75 Å². The lowest BCUT2D eigenvalue weighted by atomic mass is 9.85. The van der Waals surface area contributed by atoms with Crippen LogP contribution in [0, 0.1) is 5.41 Å². The summed E-state index contributed by atoms with van der Waals surface area (Å²) in [6.45, 7) is 8.43. The molecular weight excluding hydrogens is 570 g/mol. The summed E-state index contributed by atoms with van der Waals surface area (Å²) in [4.78, 5) is 50.6. The van der Waals surface area contributed by atoms with Gasteiger partial charge in [-0.1, -0.05) is 51.1 Å². The molecule has 0 aliphatic carbocycles. The molecule has 1 fully saturated rings. The maximum Gasteiger partial charge on any atom is 0.247 e. The van der Waals surface area contributed by atoms with Crippen LogP contribution in [0.15, 0.2) is 48.8 Å². The number of aromatic nitrogens is 2. The summed E-state index contributed by atoms with van der Waals surface area (Å²) >= 11 is 0. The molecule has 1 unspecified atom stereocenters. The van der Waals surface area contributed by atoms with Gasteiger partial charge in [0.1, 0.15) is 30.0 Å². The van der Waals surface area contributed by atoms with E-state index >= 15 is 0 Å². The molecule has 1 saturated heterocycles. The highest BCUT2D eigenvalue weighted by Crippen LogP contribution is 2.33. The minimum Gasteiger partial charge on any atom is -0.494 e. The Morgan fingerprint density at radius 2 is 1.84 bits per heavy atom. The molecule has 2 heterocycles. The monoisotopic (exact) mass is 611 g/mol. The van der Waals surface area contributed by atoms with E-state index in [0.29, 0.717) is 48.7 Å². The highest BCUT2D eigenvalue weighted by atomic mass is 35.5. The molecule has 0 radical (unpaired) electrons. The van der Waals surface area contributed by atoms with Gasteiger partial charge >= 0.3 is 0 Å². The van der Waals surface area contributed by atoms with Gasteiger partial charge in [-0.3, -0.25) is 14.4 Å². The first-order chi connectivity index (χ1) is 20.0. The molecule has 0 spiro atoms. The van der Waals surface area contributed by atoms with Crippen molar-refractivity contribution >= 4 is 52.5 Å². The van der Waals surface area contributed by atoms with E-state index in [1.807, 2.05) is 51.1 Å². The van der Waals surface area contributed by atoms with Crippen molar-refractivity contribution in [3.8, 4) is 5.75 Å². The maximum atomic E-state index is 13.8. The molecule has 2 aromatic carbocycles. The molecule has 1 aromatic heterocycles. The smallest absolute Gasteiger partial charge is 0.247 e. The van der Waals surface area contributed by atoms with Gasteiger partial charge in [-0.2, -0.15) is 0 Å². The molecule has 3 aromatic rings. The van der Waals surface area contributed by atoms with Gasteiger partial charge in [0.05, 0.1) is 24.4 Å². The van der Waals surface area contributed by atoms with Gasteiger partial charge in [-0.05, 0) is 43.9 Å². The molecule has 0 saturated carbocycles. The van der Waals surface area contributed by atoms with Crippen LogP contribution in [0.2, 0.25) is 0 Å². The van der Waals surface area contributed by atoms with Crippen molar-refractivity contribution in [1.29, 1.82) is 0 Å². The van der Waals surface area contributed by atoms with Crippen LogP contribution in [-0.2, 0) is 20.9 Å². The average molecular weight is 612 g/mol. The number of benzene rings is 2. The van der Waals surface area contributed by atoms with Gasteiger partial charge in [0, 0.05) is 24.5 Å². The number of hydrogen-bond acceptors (Lipinski definition) is 8. The fourth-order valence-electron chi connectivity index (χ4n) is 5.00. The van der Waals surface area contributed by atoms with Gasteiger partial charge in [-0.15, -0.1) is 12.4 Å². The van der Waals surface area contributed by atoms with E-state index in [2.05, 4.69) is 31.2 Å². The number of nitrogens with zero attached hydrogens (tertiary/aromatic N) is 3. The van der Waals surface area contributed by atoms with Gasteiger partial charge in [-0.25, -0.2) is 9.97 Å². The molecule has 232 valence electrons. The molecule has 4 N–H and O–H groups in total. The average Bonchev–Trinajstić information content (AvgIpc) is 3.48. The summed E-state index contributed by atoms with van der Waals surface area (Å²) in [7, 11) is 3.22. The van der Waals surface area contributed by atoms with E-state index in [9.17, 15) is 14.4 Å². The summed E-state index contributed by atoms with van der Waals surface area (Å²) in [6.07, 6.45) is 2.67. The van der Waals surface area contributed by atoms with Crippen LogP contribution in [-0.4, -0.2) is 71.4 Å². The van der Waals surface area contributed by atoms with Crippen LogP contribution in [0.1, 0.15) is 46.1 Å². The third-order valence-electron chi connectivity index (χ3n) is 7.58. The van der Waals surface area contributed by atoms with Crippen molar-refractivity contribution in [3.63, 3.8) is 0 Å². The van der Waals surface area contributed by atoms with Gasteiger partial charge < -0.3 is 30.9 Å². The predicted molar refractivity (Wildman–Crippen MR) is 170 cm³/mol. The Hall–Kier alpha value is -3.96. The first-order valence-corrected chi connectivity index (χ1v) is 14.2. The Kier molecular flexibility index (Phi) is 11.3. The summed E-state index contributed by atoms with van der Waals surface area (Å²) in [5.74, 6) is 0.199. The second kappa shape index (κ2) is 14.5. The molecule has 3 amide bonds. The molecule has 0 bridgehead atoms. The number of amides is 3. The molecule has 11 nitrogen and oxygen atoms in total. The third-order valence-corrected chi connectivity index (χ3v) is 7.58. The summed E-state index contributed by atoms with van der Waals surface area (Å²) < 4.78 is 5.59. The zero-order valence-electron chi connectivity index (χ0n) is 25.6. The fraction of sp³-hybridized carbons (Fsp3) is 0.452. The molecule has 1 aliphatic rings. The van der Waals surface area contributed by atoms with E-state index in [1.165, 1.54) is 13.4 Å². The van der Waals surface area contributed by atoms with E-state index in [-0.39, 0.29) is 30.1 Å². The maximum absolute atomic E-state index is 13.8. The van der Waals surface area contributed by atoms with Crippen molar-refractivity contribution in [3.05, 3.63) is 54.4 Å². The van der Waals surface area contributed by atoms with E-state index in [0.717, 1.165) is 10.9 Å². The van der Waals surface area contributed by atoms with E-state index in [1.54, 1.807) is 31.0 Å². The first kappa shape index (κ1) is 33.5. The lowest BCUT2D eigenvalue weighted by molar-refractivity contribution is -0.143. The molecule has 3 atom stereocenters. The number of fused-ring (bicyclic) bond motifs is 1. The first-order valence-electron chi connectivity index (χ1n) is 14.2. The minimum absolute atomic E-state index is 0. The molecule has 43 heavy (non-hydrogen) atoms. The van der Waals surface area contributed by atoms with Crippen LogP contribution in [0.25, 0.3) is 10.9 Å². The number of anilines is 2. The second-order valence-electron chi connectivity index (χ2n) is 11.6. The number of likely N-dealkylation sites (N-methyl/N-ethyl adjacent to an activating group) is 1. The van der Waals surface area contributed by atoms with Crippen molar-refractivity contribution in [2.45, 2.75) is 65.2 Å². The number of nitrogens with one attached hydrogen (secondary N) is 4. The normalized spacial score (nSPS) is 16.1. The largest absolute Gasteiger partial charge is 0.494 e. The van der Waals surface area contributed by atoms with Crippen LogP contribution >= 0.6 is 12.4 Å². The van der Waals surface area contributed by atoms with Crippen molar-refractivity contribution in [1.82, 2.24) is 25.5 Å². The van der Waals surface area contributed by atoms with Crippen molar-refractivity contribution in [2.24, 2.45) is 5.41 Å². The summed E-state index contributed by atoms with van der Waals surface area (Å²) in [5, 5.41) is 12.9. The zero-order valence-corrected chi connectivity index (χ0v) is 26.4. The topological polar surface area (TPSA) is 138 Å². The number of likely N-dealkylation sites (tertiary alicyclic amines) is 1. The second-order valence-corrected chi connectivity index (χ2v) is 11.6. The van der Waals surface area contributed by atoms with E-state index in [4.69, 9.17) is 4.74 Å². The number of methoxy groups -OCH3 is 1. The van der Waals surface area contributed by atoms with Crippen LogP contribution < -0.4 is 26.0 Å². The Bertz CT molecular complexity index is 1430. The Morgan fingerprint density at radius 3 is 2.49 bits per heavy atom. The quantitative estimate of drug-likeness (QED) is 0.272. The molecule has 12 heteroatoms. The van der Waals surface area contributed by atoms with Gasteiger partial charge in [0.15, 0.2) is 0 Å². The summed E-state index contributed by atoms with van der Waals surface area (Å²) in [5.41, 5.74) is 1.65. The number of rotatable bonds is 10. The predicted octanol–water partition coefficient (Wildman–Crippen LogP) is 3.74. The van der Waals surface area contributed by atoms with Crippen LogP contribution in [0.4, 0.5) is 11.5 Å². The number of ether oxygens (including phenoxy) is 1. The number of carbonyl (C=O) groups excluding carboxylic acids is 3. The summed E-state index contributed by atoms with van der Waals surface area (Å²) in [6, 6.07) is 11.6. The Labute approximate surface area is 259 Å². The number of halogens is 1. The SMILES string of the molecule is CN[C@@H](C)C(=O)N[C@H](C(=O)N1CCCC1C(=O)Nc1cc2c(NCc3ccccc3)ncnc2cc1OC)C(C)(C)C.Cl. The molecular formula is C31H42ClN7O4. The Balaban J connectivity index is 0.00000506. The third kappa shape index (κ3) is 7.91. The standard InChI is InChI=1S/C31H41N7O4.ClH/c1-19(32-5)28(39)37-26(31(2,3)4)30(41)38-14-10-13-24(38)29(40)36-23-15-21-22(16-25(23)42-6)34-18-35-27(21)33-17-20-11-8-7-9-12-20;/h7-9,11-12,15-16,18-19,24,26,32H,10,13-14,17H2,1-6H3,(H,36,40)(H,37,39)(H,33,34,35);1H/t19-,24?,26+;/m0./s1. The minimum atomic E-state index is -0.792. The Morgan fingerprint density at radius 1 is 1.12 bits per heavy atom.